The molecule has 0 saturated carbocycles. The summed E-state index contributed by atoms with van der Waals surface area (Å²) in [5.74, 6) is -0.617. The molecule has 4 aromatic carbocycles. The molecular formula is C25H19FN2O3. The van der Waals surface area contributed by atoms with Crippen LogP contribution in [0.25, 0.3) is 10.8 Å². The summed E-state index contributed by atoms with van der Waals surface area (Å²) in [4.78, 5) is 11.0. The number of aromatic carboxylic acids is 1. The molecule has 0 atom stereocenters. The number of fused-ring (bicyclic) bond motifs is 1. The Bertz CT molecular complexity index is 1240. The highest BCUT2D eigenvalue weighted by Crippen LogP contribution is 2.27. The van der Waals surface area contributed by atoms with Crippen LogP contribution >= 0.6 is 0 Å². The predicted molar refractivity (Wildman–Crippen MR) is 119 cm³/mol. The number of benzene rings is 4. The Balaban J connectivity index is 1.58. The van der Waals surface area contributed by atoms with Gasteiger partial charge in [-0.15, -0.1) is 0 Å². The average molecular weight is 414 g/mol. The lowest BCUT2D eigenvalue weighted by Crippen LogP contribution is -2.00. The van der Waals surface area contributed by atoms with Gasteiger partial charge in [0.25, 0.3) is 0 Å². The number of nitrogens with zero attached hydrogens (tertiary/aromatic N) is 1. The summed E-state index contributed by atoms with van der Waals surface area (Å²) >= 11 is 0. The fourth-order valence-electron chi connectivity index (χ4n) is 3.14. The fourth-order valence-corrected chi connectivity index (χ4v) is 3.14. The van der Waals surface area contributed by atoms with Gasteiger partial charge in [-0.3, -0.25) is 5.43 Å². The predicted octanol–water partition coefficient (Wildman–Crippen LogP) is 5.70. The molecule has 2 N–H and O–H groups in total. The van der Waals surface area contributed by atoms with E-state index in [2.05, 4.69) is 10.5 Å². The summed E-state index contributed by atoms with van der Waals surface area (Å²) in [7, 11) is 0. The fraction of sp³-hybridized carbons (Fsp3) is 0.0400. The van der Waals surface area contributed by atoms with Crippen molar-refractivity contribution in [2.75, 3.05) is 5.43 Å². The minimum Gasteiger partial charge on any atom is -0.488 e. The van der Waals surface area contributed by atoms with E-state index >= 15 is 0 Å². The van der Waals surface area contributed by atoms with Gasteiger partial charge >= 0.3 is 5.97 Å². The Morgan fingerprint density at radius 2 is 1.71 bits per heavy atom. The zero-order chi connectivity index (χ0) is 21.6. The average Bonchev–Trinajstić information content (AvgIpc) is 2.79. The Morgan fingerprint density at radius 3 is 2.45 bits per heavy atom. The number of ether oxygens (including phenoxy) is 1. The number of hydrazone groups is 1. The molecule has 0 spiro atoms. The topological polar surface area (TPSA) is 70.9 Å². The van der Waals surface area contributed by atoms with E-state index < -0.39 is 5.97 Å². The molecule has 0 amide bonds. The quantitative estimate of drug-likeness (QED) is 0.301. The van der Waals surface area contributed by atoms with Crippen LogP contribution in [0, 0.1) is 5.82 Å². The first kappa shape index (κ1) is 20.1. The Hall–Kier alpha value is -4.19. The maximum absolute atomic E-state index is 13.1. The number of hydrogen-bond acceptors (Lipinski definition) is 4. The second-order valence-electron chi connectivity index (χ2n) is 6.87. The zero-order valence-corrected chi connectivity index (χ0v) is 16.5. The van der Waals surface area contributed by atoms with Crippen LogP contribution in [0.15, 0.2) is 90.0 Å². The largest absolute Gasteiger partial charge is 0.488 e. The number of hydrogen-bond donors (Lipinski definition) is 2. The number of anilines is 1. The Kier molecular flexibility index (Phi) is 5.89. The van der Waals surface area contributed by atoms with E-state index in [9.17, 15) is 9.18 Å². The maximum atomic E-state index is 13.1. The van der Waals surface area contributed by atoms with Crippen LogP contribution in [0.2, 0.25) is 0 Å². The van der Waals surface area contributed by atoms with Crippen LogP contribution in [-0.2, 0) is 6.61 Å². The van der Waals surface area contributed by atoms with E-state index in [1.807, 2.05) is 36.4 Å². The van der Waals surface area contributed by atoms with E-state index in [0.717, 1.165) is 21.9 Å². The molecule has 154 valence electrons. The Morgan fingerprint density at radius 1 is 0.968 bits per heavy atom. The van der Waals surface area contributed by atoms with Crippen molar-refractivity contribution in [1.82, 2.24) is 0 Å². The van der Waals surface area contributed by atoms with Crippen LogP contribution in [0.1, 0.15) is 21.5 Å². The first-order chi connectivity index (χ1) is 15.1. The molecule has 0 bridgehead atoms. The molecule has 0 aliphatic carbocycles. The van der Waals surface area contributed by atoms with Gasteiger partial charge in [-0.2, -0.15) is 5.10 Å². The van der Waals surface area contributed by atoms with Crippen molar-refractivity contribution in [1.29, 1.82) is 0 Å². The second kappa shape index (κ2) is 9.09. The van der Waals surface area contributed by atoms with Crippen molar-refractivity contribution < 1.29 is 19.0 Å². The van der Waals surface area contributed by atoms with Gasteiger partial charge in [-0.1, -0.05) is 42.5 Å². The van der Waals surface area contributed by atoms with Gasteiger partial charge in [-0.25, -0.2) is 9.18 Å². The third-order valence-corrected chi connectivity index (χ3v) is 4.76. The van der Waals surface area contributed by atoms with Crippen LogP contribution in [-0.4, -0.2) is 17.3 Å². The van der Waals surface area contributed by atoms with E-state index in [0.29, 0.717) is 18.0 Å². The summed E-state index contributed by atoms with van der Waals surface area (Å²) in [6.07, 6.45) is 1.67. The normalized spacial score (nSPS) is 11.0. The minimum atomic E-state index is -0.978. The molecule has 5 nitrogen and oxygen atoms in total. The van der Waals surface area contributed by atoms with Crippen LogP contribution < -0.4 is 10.2 Å². The number of carbonyl (C=O) groups is 1. The van der Waals surface area contributed by atoms with Crippen molar-refractivity contribution in [3.63, 3.8) is 0 Å². The summed E-state index contributed by atoms with van der Waals surface area (Å²) in [6.45, 7) is 0.295. The molecule has 0 aliphatic heterocycles. The van der Waals surface area contributed by atoms with E-state index in [-0.39, 0.29) is 11.4 Å². The van der Waals surface area contributed by atoms with Gasteiger partial charge < -0.3 is 9.84 Å². The summed E-state index contributed by atoms with van der Waals surface area (Å²) in [5, 5.41) is 15.3. The van der Waals surface area contributed by atoms with E-state index in [1.165, 1.54) is 24.3 Å². The highest BCUT2D eigenvalue weighted by molar-refractivity contribution is 6.02. The molecule has 4 aromatic rings. The lowest BCUT2D eigenvalue weighted by atomic mass is 10.0. The molecule has 0 radical (unpaired) electrons. The lowest BCUT2D eigenvalue weighted by Gasteiger charge is -2.12. The third kappa shape index (κ3) is 4.87. The summed E-state index contributed by atoms with van der Waals surface area (Å²) in [6, 6.07) is 24.3. The first-order valence-corrected chi connectivity index (χ1v) is 9.61. The number of carboxylic acid groups (broad SMARTS) is 1. The van der Waals surface area contributed by atoms with Crippen LogP contribution in [0.4, 0.5) is 10.1 Å². The molecule has 0 heterocycles. The monoisotopic (exact) mass is 414 g/mol. The SMILES string of the molecule is O=C(O)c1ccc(NN=Cc2c(OCc3ccc(F)cc3)ccc3ccccc23)cc1. The smallest absolute Gasteiger partial charge is 0.335 e. The third-order valence-electron chi connectivity index (χ3n) is 4.76. The van der Waals surface area contributed by atoms with Gasteiger partial charge in [0.15, 0.2) is 0 Å². The summed E-state index contributed by atoms with van der Waals surface area (Å²) in [5.41, 5.74) is 5.44. The minimum absolute atomic E-state index is 0.208. The molecule has 0 saturated heterocycles. The van der Waals surface area contributed by atoms with Crippen molar-refractivity contribution in [2.45, 2.75) is 6.61 Å². The van der Waals surface area contributed by atoms with Gasteiger partial charge in [0, 0.05) is 5.56 Å². The van der Waals surface area contributed by atoms with Gasteiger partial charge in [0.1, 0.15) is 18.2 Å². The first-order valence-electron chi connectivity index (χ1n) is 9.61. The number of rotatable bonds is 7. The zero-order valence-electron chi connectivity index (χ0n) is 16.5. The number of halogens is 1. The van der Waals surface area contributed by atoms with Crippen molar-refractivity contribution >= 4 is 28.6 Å². The van der Waals surface area contributed by atoms with Crippen LogP contribution in [0.5, 0.6) is 5.75 Å². The maximum Gasteiger partial charge on any atom is 0.335 e. The molecule has 6 heteroatoms. The molecule has 4 rings (SSSR count). The van der Waals surface area contributed by atoms with Crippen molar-refractivity contribution in [3.05, 3.63) is 107 Å². The molecular weight excluding hydrogens is 395 g/mol. The number of carboxylic acids is 1. The molecule has 0 aromatic heterocycles. The van der Waals surface area contributed by atoms with E-state index in [1.54, 1.807) is 30.5 Å². The van der Waals surface area contributed by atoms with Gasteiger partial charge in [-0.05, 0) is 58.8 Å². The van der Waals surface area contributed by atoms with Crippen molar-refractivity contribution in [3.8, 4) is 5.75 Å². The van der Waals surface area contributed by atoms with Crippen LogP contribution in [0.3, 0.4) is 0 Å². The van der Waals surface area contributed by atoms with E-state index in [4.69, 9.17) is 9.84 Å². The highest BCUT2D eigenvalue weighted by Gasteiger charge is 2.08. The number of nitrogens with one attached hydrogen (secondary N) is 1. The molecule has 0 unspecified atom stereocenters. The van der Waals surface area contributed by atoms with Gasteiger partial charge in [0.05, 0.1) is 17.5 Å². The van der Waals surface area contributed by atoms with Gasteiger partial charge in [0.2, 0.25) is 0 Å². The molecule has 31 heavy (non-hydrogen) atoms. The highest BCUT2D eigenvalue weighted by atomic mass is 19.1. The second-order valence-corrected chi connectivity index (χ2v) is 6.87. The van der Waals surface area contributed by atoms with Crippen molar-refractivity contribution in [2.24, 2.45) is 5.10 Å². The standard InChI is InChI=1S/C25H19FN2O3/c26-20-10-5-17(6-11-20)16-31-24-14-9-18-3-1-2-4-22(18)23(24)15-27-28-21-12-7-19(8-13-21)25(29)30/h1-15,28H,16H2,(H,29,30). The lowest BCUT2D eigenvalue weighted by molar-refractivity contribution is 0.0697. The molecule has 0 fully saturated rings. The molecule has 0 aliphatic rings. The summed E-state index contributed by atoms with van der Waals surface area (Å²) < 4.78 is 19.1. The Labute approximate surface area is 178 Å².